The summed E-state index contributed by atoms with van der Waals surface area (Å²) in [4.78, 5) is 25.9. The van der Waals surface area contributed by atoms with Gasteiger partial charge in [0.1, 0.15) is 5.75 Å². The van der Waals surface area contributed by atoms with E-state index < -0.39 is 5.54 Å². The van der Waals surface area contributed by atoms with E-state index in [1.54, 1.807) is 30.1 Å². The maximum atomic E-state index is 12.6. The average molecular weight is 354 g/mol. The van der Waals surface area contributed by atoms with E-state index in [2.05, 4.69) is 5.32 Å². The molecule has 7 heteroatoms. The SMILES string of the molecule is CN1C(=O)COc2ccc(NC(=O)C3CCCCC3(C)N)cc21.Cl. The Hall–Kier alpha value is -1.79. The number of hydrogen-bond donors (Lipinski definition) is 2. The van der Waals surface area contributed by atoms with E-state index in [0.29, 0.717) is 17.1 Å². The van der Waals surface area contributed by atoms with Gasteiger partial charge in [-0.2, -0.15) is 0 Å². The molecule has 2 unspecified atom stereocenters. The third-order valence-corrected chi connectivity index (χ3v) is 4.88. The maximum absolute atomic E-state index is 12.6. The van der Waals surface area contributed by atoms with Gasteiger partial charge < -0.3 is 20.7 Å². The molecule has 1 saturated carbocycles. The summed E-state index contributed by atoms with van der Waals surface area (Å²) in [5.74, 6) is 0.289. The predicted molar refractivity (Wildman–Crippen MR) is 95.8 cm³/mol. The Morgan fingerprint density at radius 2 is 2.17 bits per heavy atom. The van der Waals surface area contributed by atoms with Gasteiger partial charge in [-0.05, 0) is 38.0 Å². The highest BCUT2D eigenvalue weighted by molar-refractivity contribution is 5.99. The number of benzene rings is 1. The summed E-state index contributed by atoms with van der Waals surface area (Å²) in [7, 11) is 1.70. The number of hydrogen-bond acceptors (Lipinski definition) is 4. The molecule has 0 radical (unpaired) electrons. The van der Waals surface area contributed by atoms with Crippen LogP contribution in [0.1, 0.15) is 32.6 Å². The van der Waals surface area contributed by atoms with E-state index in [4.69, 9.17) is 10.5 Å². The molecular formula is C17H24ClN3O3. The Balaban J connectivity index is 0.00000208. The number of carbonyl (C=O) groups is 2. The van der Waals surface area contributed by atoms with E-state index in [9.17, 15) is 9.59 Å². The normalized spacial score (nSPS) is 26.0. The van der Waals surface area contributed by atoms with E-state index >= 15 is 0 Å². The molecule has 0 spiro atoms. The van der Waals surface area contributed by atoms with Crippen LogP contribution in [0.15, 0.2) is 18.2 Å². The Morgan fingerprint density at radius 1 is 1.42 bits per heavy atom. The van der Waals surface area contributed by atoms with Crippen LogP contribution in [-0.4, -0.2) is 31.0 Å². The van der Waals surface area contributed by atoms with Gasteiger partial charge in [-0.15, -0.1) is 12.4 Å². The van der Waals surface area contributed by atoms with Crippen molar-refractivity contribution in [2.24, 2.45) is 11.7 Å². The van der Waals surface area contributed by atoms with Crippen LogP contribution in [0.5, 0.6) is 5.75 Å². The third kappa shape index (κ3) is 3.49. The Morgan fingerprint density at radius 3 is 2.88 bits per heavy atom. The highest BCUT2D eigenvalue weighted by Crippen LogP contribution is 2.35. The first-order valence-electron chi connectivity index (χ1n) is 8.01. The van der Waals surface area contributed by atoms with Crippen LogP contribution in [0.3, 0.4) is 0 Å². The van der Waals surface area contributed by atoms with Gasteiger partial charge in [0.05, 0.1) is 11.6 Å². The van der Waals surface area contributed by atoms with Gasteiger partial charge in [-0.25, -0.2) is 0 Å². The average Bonchev–Trinajstić information content (AvgIpc) is 2.51. The molecule has 1 aliphatic carbocycles. The van der Waals surface area contributed by atoms with Crippen molar-refractivity contribution in [2.45, 2.75) is 38.1 Å². The van der Waals surface area contributed by atoms with Crippen molar-refractivity contribution < 1.29 is 14.3 Å². The fourth-order valence-corrected chi connectivity index (χ4v) is 3.37. The number of nitrogens with one attached hydrogen (secondary N) is 1. The fourth-order valence-electron chi connectivity index (χ4n) is 3.37. The zero-order valence-electron chi connectivity index (χ0n) is 14.0. The number of carbonyl (C=O) groups excluding carboxylic acids is 2. The van der Waals surface area contributed by atoms with E-state index in [-0.39, 0.29) is 36.7 Å². The molecule has 0 bridgehead atoms. The molecule has 0 aromatic heterocycles. The van der Waals surface area contributed by atoms with Crippen molar-refractivity contribution in [2.75, 3.05) is 23.9 Å². The largest absolute Gasteiger partial charge is 0.482 e. The topological polar surface area (TPSA) is 84.7 Å². The van der Waals surface area contributed by atoms with Crippen molar-refractivity contribution in [1.29, 1.82) is 0 Å². The van der Waals surface area contributed by atoms with Crippen molar-refractivity contribution in [3.63, 3.8) is 0 Å². The minimum absolute atomic E-state index is 0. The Bertz CT molecular complexity index is 648. The summed E-state index contributed by atoms with van der Waals surface area (Å²) in [5, 5.41) is 2.94. The molecule has 2 amide bonds. The van der Waals surface area contributed by atoms with Gasteiger partial charge in [-0.3, -0.25) is 9.59 Å². The first-order valence-corrected chi connectivity index (χ1v) is 8.01. The van der Waals surface area contributed by atoms with Crippen LogP contribution in [-0.2, 0) is 9.59 Å². The van der Waals surface area contributed by atoms with E-state index in [1.165, 1.54) is 0 Å². The molecule has 3 N–H and O–H groups in total. The van der Waals surface area contributed by atoms with Crippen molar-refractivity contribution in [1.82, 2.24) is 0 Å². The minimum atomic E-state index is -0.466. The summed E-state index contributed by atoms with van der Waals surface area (Å²) in [5.41, 5.74) is 7.15. The molecule has 1 fully saturated rings. The fraction of sp³-hybridized carbons (Fsp3) is 0.529. The second kappa shape index (κ2) is 6.99. The monoisotopic (exact) mass is 353 g/mol. The first-order chi connectivity index (χ1) is 10.9. The quantitative estimate of drug-likeness (QED) is 0.854. The van der Waals surface area contributed by atoms with Crippen LogP contribution in [0, 0.1) is 5.92 Å². The Labute approximate surface area is 148 Å². The summed E-state index contributed by atoms with van der Waals surface area (Å²) < 4.78 is 5.39. The van der Waals surface area contributed by atoms with Crippen LogP contribution in [0.4, 0.5) is 11.4 Å². The lowest BCUT2D eigenvalue weighted by Gasteiger charge is -2.37. The number of fused-ring (bicyclic) bond motifs is 1. The second-order valence-corrected chi connectivity index (χ2v) is 6.72. The number of nitrogens with two attached hydrogens (primary N) is 1. The van der Waals surface area contributed by atoms with Crippen molar-refractivity contribution in [3.8, 4) is 5.75 Å². The van der Waals surface area contributed by atoms with E-state index in [1.807, 2.05) is 6.92 Å². The van der Waals surface area contributed by atoms with Gasteiger partial charge in [0.15, 0.2) is 6.61 Å². The van der Waals surface area contributed by atoms with Crippen LogP contribution in [0.25, 0.3) is 0 Å². The number of amides is 2. The summed E-state index contributed by atoms with van der Waals surface area (Å²) in [6.07, 6.45) is 3.77. The van der Waals surface area contributed by atoms with Crippen LogP contribution < -0.4 is 20.7 Å². The molecule has 1 aromatic rings. The Kier molecular flexibility index (Phi) is 5.40. The predicted octanol–water partition coefficient (Wildman–Crippen LogP) is 2.31. The number of anilines is 2. The highest BCUT2D eigenvalue weighted by Gasteiger charge is 2.37. The smallest absolute Gasteiger partial charge is 0.264 e. The lowest BCUT2D eigenvalue weighted by molar-refractivity contribution is -0.123. The molecule has 3 rings (SSSR count). The zero-order valence-corrected chi connectivity index (χ0v) is 14.8. The lowest BCUT2D eigenvalue weighted by Crippen LogP contribution is -2.51. The number of rotatable bonds is 2. The molecule has 2 aliphatic rings. The number of halogens is 1. The number of nitrogens with zero attached hydrogens (tertiary/aromatic N) is 1. The molecule has 2 atom stereocenters. The number of ether oxygens (including phenoxy) is 1. The highest BCUT2D eigenvalue weighted by atomic mass is 35.5. The van der Waals surface area contributed by atoms with Gasteiger partial charge in [-0.1, -0.05) is 12.8 Å². The number of likely N-dealkylation sites (N-methyl/N-ethyl adjacent to an activating group) is 1. The van der Waals surface area contributed by atoms with Crippen molar-refractivity contribution in [3.05, 3.63) is 18.2 Å². The van der Waals surface area contributed by atoms with Gasteiger partial charge >= 0.3 is 0 Å². The maximum Gasteiger partial charge on any atom is 0.264 e. The van der Waals surface area contributed by atoms with Crippen molar-refractivity contribution >= 4 is 35.6 Å². The molecule has 0 saturated heterocycles. The minimum Gasteiger partial charge on any atom is -0.482 e. The van der Waals surface area contributed by atoms with Gasteiger partial charge in [0.25, 0.3) is 5.91 Å². The van der Waals surface area contributed by atoms with Gasteiger partial charge in [0, 0.05) is 18.3 Å². The third-order valence-electron chi connectivity index (χ3n) is 4.88. The summed E-state index contributed by atoms with van der Waals surface area (Å²) in [6.45, 7) is 1.99. The molecule has 24 heavy (non-hydrogen) atoms. The first kappa shape index (κ1) is 18.5. The molecule has 132 valence electrons. The summed E-state index contributed by atoms with van der Waals surface area (Å²) in [6, 6.07) is 5.33. The van der Waals surface area contributed by atoms with Crippen LogP contribution >= 0.6 is 12.4 Å². The second-order valence-electron chi connectivity index (χ2n) is 6.72. The summed E-state index contributed by atoms with van der Waals surface area (Å²) >= 11 is 0. The van der Waals surface area contributed by atoms with E-state index in [0.717, 1.165) is 25.7 Å². The molecular weight excluding hydrogens is 330 g/mol. The van der Waals surface area contributed by atoms with Crippen LogP contribution in [0.2, 0.25) is 0 Å². The zero-order chi connectivity index (χ0) is 16.6. The lowest BCUT2D eigenvalue weighted by atomic mass is 9.74. The molecule has 1 aliphatic heterocycles. The molecule has 1 heterocycles. The molecule has 1 aromatic carbocycles. The van der Waals surface area contributed by atoms with Gasteiger partial charge in [0.2, 0.25) is 5.91 Å². The standard InChI is InChI=1S/C17H23N3O3.ClH/c1-17(18)8-4-3-5-12(17)16(22)19-11-6-7-14-13(9-11)20(2)15(21)10-23-14;/h6-7,9,12H,3-5,8,10,18H2,1-2H3,(H,19,22);1H. The molecule has 6 nitrogen and oxygen atoms in total.